The highest BCUT2D eigenvalue weighted by Crippen LogP contribution is 2.46. The average Bonchev–Trinajstić information content (AvgIpc) is 3.19. The van der Waals surface area contributed by atoms with Crippen LogP contribution in [0.2, 0.25) is 0 Å². The number of carbonyl (C=O) groups is 4. The fourth-order valence-electron chi connectivity index (χ4n) is 4.53. The van der Waals surface area contributed by atoms with Gasteiger partial charge in [-0.2, -0.15) is 5.48 Å². The van der Waals surface area contributed by atoms with E-state index < -0.39 is 42.3 Å². The van der Waals surface area contributed by atoms with Crippen molar-refractivity contribution in [2.75, 3.05) is 19.8 Å². The third-order valence-electron chi connectivity index (χ3n) is 6.21. The molecule has 212 valence electrons. The molecule has 0 radical (unpaired) electrons. The molecular weight excluding hydrogens is 506 g/mol. The molecule has 0 aromatic heterocycles. The maximum Gasteiger partial charge on any atom is 0.431 e. The summed E-state index contributed by atoms with van der Waals surface area (Å²) < 4.78 is 10.4. The van der Waals surface area contributed by atoms with Gasteiger partial charge in [0.2, 0.25) is 5.91 Å². The van der Waals surface area contributed by atoms with Gasteiger partial charge in [-0.1, -0.05) is 36.4 Å². The lowest BCUT2D eigenvalue weighted by Crippen LogP contribution is -2.43. The number of rotatable bonds is 12. The van der Waals surface area contributed by atoms with Crippen LogP contribution in [0.4, 0.5) is 9.59 Å². The molecule has 2 atom stereocenters. The minimum atomic E-state index is -1.17. The zero-order valence-corrected chi connectivity index (χ0v) is 22.6. The van der Waals surface area contributed by atoms with Gasteiger partial charge in [0.1, 0.15) is 18.2 Å². The first kappa shape index (κ1) is 29.7. The van der Waals surface area contributed by atoms with Crippen LogP contribution in [0.15, 0.2) is 42.0 Å². The van der Waals surface area contributed by atoms with Gasteiger partial charge >= 0.3 is 18.2 Å². The van der Waals surface area contributed by atoms with E-state index in [-0.39, 0.29) is 25.5 Å². The first-order chi connectivity index (χ1) is 18.5. The summed E-state index contributed by atoms with van der Waals surface area (Å²) in [5, 5.41) is 14.2. The van der Waals surface area contributed by atoms with Gasteiger partial charge in [0.05, 0.1) is 0 Å². The molecule has 4 N–H and O–H groups in total. The second-order valence-electron chi connectivity index (χ2n) is 10.4. The molecule has 2 aliphatic rings. The predicted molar refractivity (Wildman–Crippen MR) is 143 cm³/mol. The number of allylic oxidation sites excluding steroid dienone is 3. The standard InChI is InChI=1S/C28H37N3O8/c1-28(2,3)39-26(35)30-23(25(33)34)14-8-9-15-29-24(32)17-38-31-27(36)37-16-22-20-12-6-4-10-18(20)19-11-5-7-13-21(19)22/h4,6-7,10,12-13,22-23H,5,8-9,11,14-17H2,1-3H3,(H,29,32)(H,30,35)(H,31,36)(H,33,34)/t22?,23-/m0/s1. The van der Waals surface area contributed by atoms with Crippen molar-refractivity contribution in [2.45, 2.75) is 70.4 Å². The highest BCUT2D eigenvalue weighted by molar-refractivity contribution is 5.82. The zero-order chi connectivity index (χ0) is 28.4. The highest BCUT2D eigenvalue weighted by Gasteiger charge is 2.31. The third-order valence-corrected chi connectivity index (χ3v) is 6.21. The molecular formula is C28H37N3O8. The molecule has 0 fully saturated rings. The zero-order valence-electron chi connectivity index (χ0n) is 22.6. The lowest BCUT2D eigenvalue weighted by molar-refractivity contribution is -0.139. The molecule has 0 saturated carbocycles. The van der Waals surface area contributed by atoms with Crippen molar-refractivity contribution < 1.29 is 38.6 Å². The van der Waals surface area contributed by atoms with Crippen LogP contribution in [0, 0.1) is 0 Å². The summed E-state index contributed by atoms with van der Waals surface area (Å²) in [4.78, 5) is 52.2. The van der Waals surface area contributed by atoms with E-state index in [0.29, 0.717) is 12.8 Å². The number of hydrogen-bond acceptors (Lipinski definition) is 7. The van der Waals surface area contributed by atoms with Gasteiger partial charge in [0.25, 0.3) is 0 Å². The molecule has 2 aliphatic carbocycles. The number of carboxylic acids is 1. The van der Waals surface area contributed by atoms with E-state index in [2.05, 4.69) is 34.3 Å². The van der Waals surface area contributed by atoms with Gasteiger partial charge in [0.15, 0.2) is 6.61 Å². The van der Waals surface area contributed by atoms with Crippen molar-refractivity contribution in [3.63, 3.8) is 0 Å². The lowest BCUT2D eigenvalue weighted by atomic mass is 9.93. The summed E-state index contributed by atoms with van der Waals surface area (Å²) in [6.45, 7) is 5.08. The molecule has 0 aliphatic heterocycles. The Balaban J connectivity index is 1.29. The van der Waals surface area contributed by atoms with E-state index in [4.69, 9.17) is 14.3 Å². The van der Waals surface area contributed by atoms with Crippen LogP contribution in [-0.4, -0.2) is 60.6 Å². The number of aliphatic carboxylic acids is 1. The van der Waals surface area contributed by atoms with Crippen molar-refractivity contribution in [3.8, 4) is 0 Å². The van der Waals surface area contributed by atoms with Gasteiger partial charge in [-0.15, -0.1) is 0 Å². The predicted octanol–water partition coefficient (Wildman–Crippen LogP) is 3.81. The molecule has 3 amide bonds. The Hall–Kier alpha value is -3.86. The summed E-state index contributed by atoms with van der Waals surface area (Å²) in [6, 6.07) is 7.03. The van der Waals surface area contributed by atoms with Crippen LogP contribution < -0.4 is 16.1 Å². The molecule has 0 heterocycles. The van der Waals surface area contributed by atoms with E-state index in [0.717, 1.165) is 18.4 Å². The van der Waals surface area contributed by atoms with Gasteiger partial charge < -0.3 is 25.2 Å². The van der Waals surface area contributed by atoms with Gasteiger partial charge in [-0.05, 0) is 75.1 Å². The van der Waals surface area contributed by atoms with Crippen LogP contribution in [0.5, 0.6) is 0 Å². The SMILES string of the molecule is CC(C)(C)OC(=O)N[C@@H](CCCCNC(=O)CONC(=O)OCC1C2=C(CCC=C2)c2ccccc21)C(=O)O. The number of amides is 3. The number of ether oxygens (including phenoxy) is 2. The fraction of sp³-hybridized carbons (Fsp3) is 0.500. The van der Waals surface area contributed by atoms with Gasteiger partial charge in [0, 0.05) is 12.5 Å². The second kappa shape index (κ2) is 13.8. The van der Waals surface area contributed by atoms with Crippen LogP contribution in [0.3, 0.4) is 0 Å². The number of hydrogen-bond donors (Lipinski definition) is 4. The Kier molecular flexibility index (Phi) is 10.5. The van der Waals surface area contributed by atoms with Gasteiger partial charge in [-0.25, -0.2) is 14.4 Å². The van der Waals surface area contributed by atoms with E-state index in [1.807, 2.05) is 18.2 Å². The number of carboxylic acid groups (broad SMARTS) is 1. The van der Waals surface area contributed by atoms with Gasteiger partial charge in [-0.3, -0.25) is 9.63 Å². The topological polar surface area (TPSA) is 152 Å². The van der Waals surface area contributed by atoms with E-state index in [9.17, 15) is 24.3 Å². The molecule has 0 bridgehead atoms. The Morgan fingerprint density at radius 2 is 1.87 bits per heavy atom. The number of fused-ring (bicyclic) bond motifs is 2. The average molecular weight is 544 g/mol. The number of alkyl carbamates (subject to hydrolysis) is 1. The maximum absolute atomic E-state index is 12.1. The van der Waals surface area contributed by atoms with E-state index in [1.54, 1.807) is 20.8 Å². The quantitative estimate of drug-likeness (QED) is 0.229. The largest absolute Gasteiger partial charge is 0.480 e. The monoisotopic (exact) mass is 543 g/mol. The molecule has 39 heavy (non-hydrogen) atoms. The molecule has 0 spiro atoms. The Bertz CT molecular complexity index is 1120. The van der Waals surface area contributed by atoms with Crippen LogP contribution >= 0.6 is 0 Å². The summed E-state index contributed by atoms with van der Waals surface area (Å²) in [5.41, 5.74) is 6.20. The normalized spacial score (nSPS) is 16.5. The molecule has 1 unspecified atom stereocenters. The van der Waals surface area contributed by atoms with Crippen molar-refractivity contribution >= 4 is 29.6 Å². The third kappa shape index (κ3) is 9.13. The number of unbranched alkanes of at least 4 members (excludes halogenated alkanes) is 1. The molecule has 3 rings (SSSR count). The minimum absolute atomic E-state index is 0.0399. The van der Waals surface area contributed by atoms with Crippen molar-refractivity contribution in [2.24, 2.45) is 0 Å². The number of nitrogens with one attached hydrogen (secondary N) is 3. The maximum atomic E-state index is 12.1. The van der Waals surface area contributed by atoms with Crippen LogP contribution in [0.1, 0.15) is 69.9 Å². The van der Waals surface area contributed by atoms with Crippen molar-refractivity contribution in [1.29, 1.82) is 0 Å². The molecule has 1 aromatic carbocycles. The minimum Gasteiger partial charge on any atom is -0.480 e. The number of hydroxylamine groups is 1. The molecule has 0 saturated heterocycles. The van der Waals surface area contributed by atoms with E-state index in [1.165, 1.54) is 16.7 Å². The van der Waals surface area contributed by atoms with E-state index >= 15 is 0 Å². The van der Waals surface area contributed by atoms with Crippen LogP contribution in [0.25, 0.3) is 5.57 Å². The van der Waals surface area contributed by atoms with Crippen molar-refractivity contribution in [1.82, 2.24) is 16.1 Å². The van der Waals surface area contributed by atoms with Crippen LogP contribution in [-0.2, 0) is 23.9 Å². The summed E-state index contributed by atoms with van der Waals surface area (Å²) >= 11 is 0. The smallest absolute Gasteiger partial charge is 0.431 e. The fourth-order valence-corrected chi connectivity index (χ4v) is 4.53. The molecule has 1 aromatic rings. The second-order valence-corrected chi connectivity index (χ2v) is 10.4. The molecule has 11 nitrogen and oxygen atoms in total. The number of benzene rings is 1. The lowest BCUT2D eigenvalue weighted by Gasteiger charge is -2.22. The first-order valence-corrected chi connectivity index (χ1v) is 13.1. The first-order valence-electron chi connectivity index (χ1n) is 13.1. The Labute approximate surface area is 227 Å². The summed E-state index contributed by atoms with van der Waals surface area (Å²) in [7, 11) is 0. The Morgan fingerprint density at radius 1 is 1.10 bits per heavy atom. The van der Waals surface area contributed by atoms with Crippen molar-refractivity contribution in [3.05, 3.63) is 53.1 Å². The summed E-state index contributed by atoms with van der Waals surface area (Å²) in [6.07, 6.45) is 5.70. The Morgan fingerprint density at radius 3 is 2.62 bits per heavy atom. The summed E-state index contributed by atoms with van der Waals surface area (Å²) in [5.74, 6) is -1.66. The number of carbonyl (C=O) groups excluding carboxylic acids is 3. The highest BCUT2D eigenvalue weighted by atomic mass is 16.7. The molecule has 11 heteroatoms.